The van der Waals surface area contributed by atoms with Gasteiger partial charge in [-0.1, -0.05) is 13.8 Å². The van der Waals surface area contributed by atoms with Crippen LogP contribution < -0.4 is 0 Å². The highest BCUT2D eigenvalue weighted by atomic mass is 16.4. The van der Waals surface area contributed by atoms with Crippen LogP contribution in [-0.2, 0) is 11.3 Å². The zero-order valence-corrected chi connectivity index (χ0v) is 9.05. The van der Waals surface area contributed by atoms with Crippen molar-refractivity contribution in [2.75, 3.05) is 0 Å². The smallest absolute Gasteiger partial charge is 0.303 e. The molecular weight excluding hydrogens is 196 g/mol. The van der Waals surface area contributed by atoms with E-state index in [-0.39, 0.29) is 6.42 Å². The van der Waals surface area contributed by atoms with Gasteiger partial charge in [-0.25, -0.2) is 4.68 Å². The van der Waals surface area contributed by atoms with Crippen molar-refractivity contribution in [3.8, 4) is 0 Å². The molecular formula is C9H16N4O2. The van der Waals surface area contributed by atoms with Crippen molar-refractivity contribution >= 4 is 5.97 Å². The number of aryl methyl sites for hydroxylation is 1. The van der Waals surface area contributed by atoms with E-state index in [1.165, 1.54) is 0 Å². The molecule has 0 aliphatic heterocycles. The fraction of sp³-hybridized carbons (Fsp3) is 0.778. The van der Waals surface area contributed by atoms with E-state index in [0.29, 0.717) is 18.9 Å². The lowest BCUT2D eigenvalue weighted by Crippen LogP contribution is -2.09. The molecule has 0 aliphatic carbocycles. The van der Waals surface area contributed by atoms with Crippen molar-refractivity contribution < 1.29 is 9.90 Å². The molecule has 0 radical (unpaired) electrons. The number of carbonyl (C=O) groups is 1. The van der Waals surface area contributed by atoms with Crippen LogP contribution in [0.15, 0.2) is 0 Å². The van der Waals surface area contributed by atoms with E-state index in [1.54, 1.807) is 4.68 Å². The highest BCUT2D eigenvalue weighted by Gasteiger charge is 2.12. The molecule has 0 saturated carbocycles. The summed E-state index contributed by atoms with van der Waals surface area (Å²) in [6, 6.07) is 0. The Hall–Kier alpha value is -1.46. The Bertz CT molecular complexity index is 324. The molecule has 84 valence electrons. The van der Waals surface area contributed by atoms with E-state index >= 15 is 0 Å². The fourth-order valence-electron chi connectivity index (χ4n) is 1.29. The normalized spacial score (nSPS) is 12.7. The quantitative estimate of drug-likeness (QED) is 0.762. The minimum atomic E-state index is -0.784. The summed E-state index contributed by atoms with van der Waals surface area (Å²) < 4.78 is 1.69. The Morgan fingerprint density at radius 3 is 2.93 bits per heavy atom. The Morgan fingerprint density at radius 2 is 2.33 bits per heavy atom. The van der Waals surface area contributed by atoms with Crippen molar-refractivity contribution in [3.05, 3.63) is 5.82 Å². The van der Waals surface area contributed by atoms with Crippen molar-refractivity contribution in [2.45, 2.75) is 45.6 Å². The Kier molecular flexibility index (Phi) is 4.20. The lowest BCUT2D eigenvalue weighted by molar-refractivity contribution is -0.137. The maximum Gasteiger partial charge on any atom is 0.303 e. The average Bonchev–Trinajstić information content (AvgIpc) is 2.64. The molecule has 0 aromatic carbocycles. The van der Waals surface area contributed by atoms with Crippen LogP contribution in [0.3, 0.4) is 0 Å². The Morgan fingerprint density at radius 1 is 1.60 bits per heavy atom. The van der Waals surface area contributed by atoms with Gasteiger partial charge in [0, 0.05) is 18.9 Å². The van der Waals surface area contributed by atoms with Gasteiger partial charge in [0.2, 0.25) is 0 Å². The van der Waals surface area contributed by atoms with Gasteiger partial charge in [-0.3, -0.25) is 4.79 Å². The Labute approximate surface area is 88.3 Å². The topological polar surface area (TPSA) is 80.9 Å². The number of hydrogen-bond acceptors (Lipinski definition) is 4. The maximum atomic E-state index is 10.3. The van der Waals surface area contributed by atoms with Crippen molar-refractivity contribution in [3.63, 3.8) is 0 Å². The highest BCUT2D eigenvalue weighted by Crippen LogP contribution is 2.14. The van der Waals surface area contributed by atoms with E-state index in [2.05, 4.69) is 29.4 Å². The summed E-state index contributed by atoms with van der Waals surface area (Å²) in [5, 5.41) is 19.9. The zero-order valence-electron chi connectivity index (χ0n) is 9.05. The van der Waals surface area contributed by atoms with Gasteiger partial charge >= 0.3 is 5.97 Å². The molecule has 1 heterocycles. The zero-order chi connectivity index (χ0) is 11.3. The summed E-state index contributed by atoms with van der Waals surface area (Å²) in [5.41, 5.74) is 0. The molecule has 1 atom stereocenters. The van der Waals surface area contributed by atoms with Crippen molar-refractivity contribution in [1.82, 2.24) is 20.2 Å². The van der Waals surface area contributed by atoms with Gasteiger partial charge < -0.3 is 5.11 Å². The van der Waals surface area contributed by atoms with Crippen LogP contribution in [0.4, 0.5) is 0 Å². The summed E-state index contributed by atoms with van der Waals surface area (Å²) in [5.74, 6) is 0.362. The van der Waals surface area contributed by atoms with Crippen LogP contribution >= 0.6 is 0 Å². The fourth-order valence-corrected chi connectivity index (χ4v) is 1.29. The number of rotatable bonds is 6. The molecule has 6 nitrogen and oxygen atoms in total. The molecule has 1 N–H and O–H groups in total. The predicted octanol–water partition coefficient (Wildman–Crippen LogP) is 1.05. The number of carboxylic acid groups (broad SMARTS) is 1. The van der Waals surface area contributed by atoms with Crippen LogP contribution in [0.1, 0.15) is 44.9 Å². The van der Waals surface area contributed by atoms with Gasteiger partial charge in [-0.2, -0.15) is 0 Å². The second-order valence-electron chi connectivity index (χ2n) is 3.57. The van der Waals surface area contributed by atoms with Gasteiger partial charge in [-0.05, 0) is 23.3 Å². The first-order chi connectivity index (χ1) is 7.15. The monoisotopic (exact) mass is 212 g/mol. The van der Waals surface area contributed by atoms with Crippen molar-refractivity contribution in [1.29, 1.82) is 0 Å². The summed E-state index contributed by atoms with van der Waals surface area (Å²) >= 11 is 0. The lowest BCUT2D eigenvalue weighted by Gasteiger charge is -2.08. The molecule has 0 saturated heterocycles. The highest BCUT2D eigenvalue weighted by molar-refractivity contribution is 5.66. The molecule has 0 bridgehead atoms. The first-order valence-corrected chi connectivity index (χ1v) is 5.13. The Balaban J connectivity index is 2.53. The van der Waals surface area contributed by atoms with Gasteiger partial charge in [0.05, 0.1) is 0 Å². The molecule has 1 rings (SSSR count). The van der Waals surface area contributed by atoms with Crippen molar-refractivity contribution in [2.24, 2.45) is 0 Å². The number of hydrogen-bond donors (Lipinski definition) is 1. The summed E-state index contributed by atoms with van der Waals surface area (Å²) in [7, 11) is 0. The third-order valence-corrected chi connectivity index (χ3v) is 2.37. The van der Waals surface area contributed by atoms with E-state index in [1.807, 2.05) is 0 Å². The number of aliphatic carboxylic acids is 1. The van der Waals surface area contributed by atoms with Crippen LogP contribution in [-0.4, -0.2) is 31.3 Å². The molecule has 1 unspecified atom stereocenters. The van der Waals surface area contributed by atoms with E-state index in [4.69, 9.17) is 5.11 Å². The second kappa shape index (κ2) is 5.43. The number of aromatic nitrogens is 4. The molecule has 0 amide bonds. The van der Waals surface area contributed by atoms with Crippen LogP contribution in [0.25, 0.3) is 0 Å². The minimum Gasteiger partial charge on any atom is -0.481 e. The minimum absolute atomic E-state index is 0.153. The molecule has 15 heavy (non-hydrogen) atoms. The molecule has 1 aromatic heterocycles. The van der Waals surface area contributed by atoms with Gasteiger partial charge in [-0.15, -0.1) is 5.10 Å². The third-order valence-electron chi connectivity index (χ3n) is 2.37. The van der Waals surface area contributed by atoms with Crippen LogP contribution in [0.2, 0.25) is 0 Å². The van der Waals surface area contributed by atoms with Gasteiger partial charge in [0.25, 0.3) is 0 Å². The third kappa shape index (κ3) is 3.30. The lowest BCUT2D eigenvalue weighted by atomic mass is 10.1. The van der Waals surface area contributed by atoms with Gasteiger partial charge in [0.15, 0.2) is 5.82 Å². The van der Waals surface area contributed by atoms with Crippen LogP contribution in [0, 0.1) is 0 Å². The standard InChI is InChI=1S/C9H16N4O2/c1-3-7(2)9-10-11-12-13(9)6-4-5-8(14)15/h7H,3-6H2,1-2H3,(H,14,15). The number of nitrogens with zero attached hydrogens (tertiary/aromatic N) is 4. The molecule has 1 aromatic rings. The second-order valence-corrected chi connectivity index (χ2v) is 3.57. The van der Waals surface area contributed by atoms with Gasteiger partial charge in [0.1, 0.15) is 0 Å². The summed E-state index contributed by atoms with van der Waals surface area (Å²) in [6.45, 7) is 4.69. The molecule has 0 fully saturated rings. The molecule has 6 heteroatoms. The van der Waals surface area contributed by atoms with E-state index in [9.17, 15) is 4.79 Å². The average molecular weight is 212 g/mol. The first-order valence-electron chi connectivity index (χ1n) is 5.13. The largest absolute Gasteiger partial charge is 0.481 e. The predicted molar refractivity (Wildman–Crippen MR) is 53.4 cm³/mol. The summed E-state index contributed by atoms with van der Waals surface area (Å²) in [4.78, 5) is 10.3. The molecule has 0 aliphatic rings. The molecule has 0 spiro atoms. The number of tetrazole rings is 1. The van der Waals surface area contributed by atoms with Crippen LogP contribution in [0.5, 0.6) is 0 Å². The maximum absolute atomic E-state index is 10.3. The SMILES string of the molecule is CCC(C)c1nnnn1CCCC(=O)O. The van der Waals surface area contributed by atoms with E-state index < -0.39 is 5.97 Å². The summed E-state index contributed by atoms with van der Waals surface area (Å²) in [6.07, 6.45) is 1.68. The number of carboxylic acids is 1. The first kappa shape index (κ1) is 11.6. The van der Waals surface area contributed by atoms with E-state index in [0.717, 1.165) is 12.2 Å².